The van der Waals surface area contributed by atoms with Crippen molar-refractivity contribution in [3.63, 3.8) is 0 Å². The summed E-state index contributed by atoms with van der Waals surface area (Å²) in [6, 6.07) is 3.89. The fourth-order valence-electron chi connectivity index (χ4n) is 3.57. The van der Waals surface area contributed by atoms with Crippen LogP contribution in [-0.2, 0) is 9.47 Å². The van der Waals surface area contributed by atoms with Crippen molar-refractivity contribution >= 4 is 10.2 Å². The van der Waals surface area contributed by atoms with Crippen molar-refractivity contribution in [3.8, 4) is 0 Å². The van der Waals surface area contributed by atoms with E-state index in [-0.39, 0.29) is 17.8 Å². The molecule has 2 nitrogen and oxygen atoms in total. The van der Waals surface area contributed by atoms with Crippen LogP contribution in [0.5, 0.6) is 0 Å². The second kappa shape index (κ2) is 7.41. The van der Waals surface area contributed by atoms with Crippen LogP contribution < -0.4 is 0 Å². The largest absolute Gasteiger partial charge is 0.352 e. The first-order chi connectivity index (χ1) is 11.1. The molecule has 0 unspecified atom stereocenters. The standard InChI is InChI=1S/C18H23F2O2Si/c1-11-16(19)6-15(7-17(11)20)13-2-4-14(5-3-13)18-21-8-12(10-23)9-22-18/h6-7,12-14,18H,2-5,8-10H2,1H3. The molecule has 2 fully saturated rings. The first-order valence-corrected chi connectivity index (χ1v) is 9.12. The van der Waals surface area contributed by atoms with Crippen LogP contribution in [-0.4, -0.2) is 29.7 Å². The van der Waals surface area contributed by atoms with Crippen molar-refractivity contribution in [2.45, 2.75) is 50.9 Å². The maximum absolute atomic E-state index is 13.7. The van der Waals surface area contributed by atoms with Crippen LogP contribution >= 0.6 is 0 Å². The maximum atomic E-state index is 13.7. The Bertz CT molecular complexity index is 513. The molecule has 3 radical (unpaired) electrons. The third-order valence-corrected chi connectivity index (χ3v) is 5.79. The second-order valence-corrected chi connectivity index (χ2v) is 7.23. The normalized spacial score (nSPS) is 32.0. The van der Waals surface area contributed by atoms with Gasteiger partial charge in [-0.15, -0.1) is 0 Å². The lowest BCUT2D eigenvalue weighted by atomic mass is 9.78. The van der Waals surface area contributed by atoms with Gasteiger partial charge in [-0.1, -0.05) is 6.04 Å². The molecule has 0 atom stereocenters. The van der Waals surface area contributed by atoms with Gasteiger partial charge in [0.05, 0.1) is 13.2 Å². The summed E-state index contributed by atoms with van der Waals surface area (Å²) < 4.78 is 39.2. The fraction of sp³-hybridized carbons (Fsp3) is 0.667. The Balaban J connectivity index is 1.56. The van der Waals surface area contributed by atoms with Gasteiger partial charge in [0.25, 0.3) is 0 Å². The molecule has 3 rings (SSSR count). The van der Waals surface area contributed by atoms with Gasteiger partial charge in [-0.05, 0) is 56.2 Å². The summed E-state index contributed by atoms with van der Waals surface area (Å²) in [5.41, 5.74) is 0.890. The van der Waals surface area contributed by atoms with E-state index in [1.807, 2.05) is 0 Å². The van der Waals surface area contributed by atoms with Crippen molar-refractivity contribution in [2.75, 3.05) is 13.2 Å². The molecule has 0 aromatic heterocycles. The summed E-state index contributed by atoms with van der Waals surface area (Å²) in [7, 11) is 3.50. The highest BCUT2D eigenvalue weighted by atomic mass is 28.1. The van der Waals surface area contributed by atoms with E-state index < -0.39 is 11.6 Å². The van der Waals surface area contributed by atoms with Crippen molar-refractivity contribution in [1.29, 1.82) is 0 Å². The highest BCUT2D eigenvalue weighted by molar-refractivity contribution is 6.08. The molecule has 1 heterocycles. The highest BCUT2D eigenvalue weighted by Gasteiger charge is 2.32. The van der Waals surface area contributed by atoms with E-state index in [1.54, 1.807) is 0 Å². The van der Waals surface area contributed by atoms with E-state index in [0.29, 0.717) is 11.8 Å². The summed E-state index contributed by atoms with van der Waals surface area (Å²) in [4.78, 5) is 0. The van der Waals surface area contributed by atoms with Crippen LogP contribution in [0.1, 0.15) is 42.7 Å². The summed E-state index contributed by atoms with van der Waals surface area (Å²) in [6.45, 7) is 2.95. The van der Waals surface area contributed by atoms with Crippen molar-refractivity contribution in [3.05, 3.63) is 34.9 Å². The van der Waals surface area contributed by atoms with Crippen LogP contribution in [0.3, 0.4) is 0 Å². The minimum Gasteiger partial charge on any atom is -0.352 e. The quantitative estimate of drug-likeness (QED) is 0.773. The van der Waals surface area contributed by atoms with E-state index in [0.717, 1.165) is 50.5 Å². The van der Waals surface area contributed by atoms with Gasteiger partial charge in [0, 0.05) is 27.6 Å². The van der Waals surface area contributed by atoms with E-state index in [1.165, 1.54) is 19.1 Å². The highest BCUT2D eigenvalue weighted by Crippen LogP contribution is 2.39. The number of hydrogen-bond acceptors (Lipinski definition) is 2. The average Bonchev–Trinajstić information content (AvgIpc) is 2.59. The lowest BCUT2D eigenvalue weighted by Gasteiger charge is -2.37. The molecule has 0 N–H and O–H groups in total. The molecular weight excluding hydrogens is 314 g/mol. The van der Waals surface area contributed by atoms with E-state index in [4.69, 9.17) is 9.47 Å². The predicted octanol–water partition coefficient (Wildman–Crippen LogP) is 4.12. The van der Waals surface area contributed by atoms with E-state index in [9.17, 15) is 8.78 Å². The molecule has 0 spiro atoms. The van der Waals surface area contributed by atoms with Crippen molar-refractivity contribution in [1.82, 2.24) is 0 Å². The van der Waals surface area contributed by atoms with Gasteiger partial charge in [0.15, 0.2) is 6.29 Å². The summed E-state index contributed by atoms with van der Waals surface area (Å²) in [6.07, 6.45) is 3.70. The Morgan fingerprint density at radius 2 is 1.61 bits per heavy atom. The molecule has 1 saturated heterocycles. The first kappa shape index (κ1) is 17.1. The Morgan fingerprint density at radius 3 is 2.13 bits per heavy atom. The van der Waals surface area contributed by atoms with Crippen LogP contribution in [0.25, 0.3) is 0 Å². The molecule has 1 saturated carbocycles. The number of ether oxygens (including phenoxy) is 2. The Hall–Kier alpha value is -0.783. The SMILES string of the molecule is Cc1c(F)cc(C2CCC(C3OCC(C[Si])CO3)CC2)cc1F. The molecule has 0 amide bonds. The van der Waals surface area contributed by atoms with Crippen LogP contribution in [0.2, 0.25) is 6.04 Å². The molecule has 1 aromatic rings. The third kappa shape index (κ3) is 3.83. The summed E-state index contributed by atoms with van der Waals surface area (Å²) in [5.74, 6) is 0.165. The van der Waals surface area contributed by atoms with Crippen LogP contribution in [0.4, 0.5) is 8.78 Å². The molecule has 125 valence electrons. The second-order valence-electron chi connectivity index (χ2n) is 6.83. The fourth-order valence-corrected chi connectivity index (χ4v) is 3.81. The zero-order valence-electron chi connectivity index (χ0n) is 13.5. The van der Waals surface area contributed by atoms with Gasteiger partial charge in [0.1, 0.15) is 11.6 Å². The smallest absolute Gasteiger partial charge is 0.160 e. The molecule has 1 aromatic carbocycles. The number of rotatable bonds is 3. The van der Waals surface area contributed by atoms with E-state index >= 15 is 0 Å². The molecule has 2 aliphatic rings. The molecule has 5 heteroatoms. The van der Waals surface area contributed by atoms with Gasteiger partial charge >= 0.3 is 0 Å². The zero-order chi connectivity index (χ0) is 16.4. The van der Waals surface area contributed by atoms with Crippen molar-refractivity contribution < 1.29 is 18.3 Å². The third-order valence-electron chi connectivity index (χ3n) is 5.21. The maximum Gasteiger partial charge on any atom is 0.160 e. The lowest BCUT2D eigenvalue weighted by Crippen LogP contribution is -2.38. The molecule has 1 aliphatic carbocycles. The summed E-state index contributed by atoms with van der Waals surface area (Å²) >= 11 is 0. The zero-order valence-corrected chi connectivity index (χ0v) is 14.5. The average molecular weight is 337 g/mol. The van der Waals surface area contributed by atoms with Crippen LogP contribution in [0.15, 0.2) is 12.1 Å². The Kier molecular flexibility index (Phi) is 5.49. The van der Waals surface area contributed by atoms with Gasteiger partial charge < -0.3 is 9.47 Å². The van der Waals surface area contributed by atoms with Gasteiger partial charge in [-0.2, -0.15) is 0 Å². The number of benzene rings is 1. The summed E-state index contributed by atoms with van der Waals surface area (Å²) in [5, 5.41) is 0. The topological polar surface area (TPSA) is 18.5 Å². The molecule has 0 bridgehead atoms. The molecule has 1 aliphatic heterocycles. The number of hydrogen-bond donors (Lipinski definition) is 0. The van der Waals surface area contributed by atoms with Crippen LogP contribution in [0, 0.1) is 30.4 Å². The molecular formula is C18H23F2O2Si. The Morgan fingerprint density at radius 1 is 1.04 bits per heavy atom. The lowest BCUT2D eigenvalue weighted by molar-refractivity contribution is -0.226. The Labute approximate surface area is 140 Å². The van der Waals surface area contributed by atoms with Gasteiger partial charge in [-0.3, -0.25) is 0 Å². The van der Waals surface area contributed by atoms with Crippen molar-refractivity contribution in [2.24, 2.45) is 11.8 Å². The number of halogens is 2. The predicted molar refractivity (Wildman–Crippen MR) is 85.5 cm³/mol. The van der Waals surface area contributed by atoms with Gasteiger partial charge in [0.2, 0.25) is 0 Å². The monoisotopic (exact) mass is 337 g/mol. The van der Waals surface area contributed by atoms with Gasteiger partial charge in [-0.25, -0.2) is 8.78 Å². The minimum atomic E-state index is -0.443. The minimum absolute atomic E-state index is 0.104. The first-order valence-electron chi connectivity index (χ1n) is 8.41. The molecule has 23 heavy (non-hydrogen) atoms. The van der Waals surface area contributed by atoms with E-state index in [2.05, 4.69) is 10.2 Å².